The monoisotopic (exact) mass is 297 g/mol. The molecule has 0 saturated heterocycles. The third-order valence-corrected chi connectivity index (χ3v) is 5.44. The second-order valence-electron chi connectivity index (χ2n) is 5.24. The molecule has 0 spiro atoms. The van der Waals surface area contributed by atoms with Crippen LogP contribution < -0.4 is 10.0 Å². The second-order valence-corrected chi connectivity index (χ2v) is 6.97. The molecule has 0 bridgehead atoms. The quantitative estimate of drug-likeness (QED) is 0.878. The standard InChI is InChI=1S/C14H23N3O2S/c1-15-12-8-10-13(11-9-12)16-20(18,19)17(2)14-6-4-3-5-7-14/h8-11,14-16H,3-7H2,1-2H3. The van der Waals surface area contributed by atoms with E-state index in [1.54, 1.807) is 19.2 Å². The maximum atomic E-state index is 12.4. The fraction of sp³-hybridized carbons (Fsp3) is 0.571. The molecule has 1 saturated carbocycles. The van der Waals surface area contributed by atoms with Crippen molar-refractivity contribution in [3.8, 4) is 0 Å². The zero-order valence-corrected chi connectivity index (χ0v) is 12.9. The van der Waals surface area contributed by atoms with Crippen molar-refractivity contribution in [2.75, 3.05) is 24.1 Å². The lowest BCUT2D eigenvalue weighted by Gasteiger charge is -2.30. The lowest BCUT2D eigenvalue weighted by Crippen LogP contribution is -2.41. The summed E-state index contributed by atoms with van der Waals surface area (Å²) in [5.41, 5.74) is 1.54. The fourth-order valence-corrected chi connectivity index (χ4v) is 3.75. The number of rotatable bonds is 5. The minimum absolute atomic E-state index is 0.123. The normalized spacial score (nSPS) is 17.1. The van der Waals surface area contributed by atoms with Crippen LogP contribution in [0.15, 0.2) is 24.3 Å². The second kappa shape index (κ2) is 6.45. The molecule has 112 valence electrons. The third kappa shape index (κ3) is 3.64. The van der Waals surface area contributed by atoms with E-state index in [0.717, 1.165) is 31.4 Å². The average Bonchev–Trinajstić information content (AvgIpc) is 2.48. The predicted molar refractivity (Wildman–Crippen MR) is 83.2 cm³/mol. The maximum absolute atomic E-state index is 12.4. The highest BCUT2D eigenvalue weighted by Crippen LogP contribution is 2.24. The molecule has 0 aromatic heterocycles. The molecule has 2 N–H and O–H groups in total. The Morgan fingerprint density at radius 3 is 2.15 bits per heavy atom. The number of nitrogens with one attached hydrogen (secondary N) is 2. The predicted octanol–water partition coefficient (Wildman–Crippen LogP) is 2.65. The minimum Gasteiger partial charge on any atom is -0.388 e. The van der Waals surface area contributed by atoms with Crippen molar-refractivity contribution in [2.45, 2.75) is 38.1 Å². The summed E-state index contributed by atoms with van der Waals surface area (Å²) in [5, 5.41) is 3.00. The zero-order valence-electron chi connectivity index (χ0n) is 12.1. The van der Waals surface area contributed by atoms with Gasteiger partial charge < -0.3 is 5.32 Å². The molecule has 6 heteroatoms. The summed E-state index contributed by atoms with van der Waals surface area (Å²) >= 11 is 0. The van der Waals surface area contributed by atoms with Crippen LogP contribution in [0.1, 0.15) is 32.1 Å². The lowest BCUT2D eigenvalue weighted by molar-refractivity contribution is 0.287. The van der Waals surface area contributed by atoms with Gasteiger partial charge in [0, 0.05) is 31.5 Å². The van der Waals surface area contributed by atoms with E-state index in [2.05, 4.69) is 10.0 Å². The molecule has 0 aliphatic heterocycles. The molecular formula is C14H23N3O2S. The summed E-state index contributed by atoms with van der Waals surface area (Å²) in [5.74, 6) is 0. The molecular weight excluding hydrogens is 274 g/mol. The van der Waals surface area contributed by atoms with Gasteiger partial charge in [0.2, 0.25) is 0 Å². The van der Waals surface area contributed by atoms with Crippen molar-refractivity contribution in [3.63, 3.8) is 0 Å². The van der Waals surface area contributed by atoms with Crippen molar-refractivity contribution >= 4 is 21.6 Å². The first-order chi connectivity index (χ1) is 9.53. The van der Waals surface area contributed by atoms with Crippen molar-refractivity contribution in [3.05, 3.63) is 24.3 Å². The summed E-state index contributed by atoms with van der Waals surface area (Å²) in [6.07, 6.45) is 5.35. The van der Waals surface area contributed by atoms with Crippen LogP contribution in [-0.4, -0.2) is 32.9 Å². The molecule has 0 unspecified atom stereocenters. The largest absolute Gasteiger partial charge is 0.388 e. The molecule has 1 fully saturated rings. The Hall–Kier alpha value is -1.27. The van der Waals surface area contributed by atoms with Gasteiger partial charge in [-0.3, -0.25) is 4.72 Å². The smallest absolute Gasteiger partial charge is 0.301 e. The molecule has 2 rings (SSSR count). The van der Waals surface area contributed by atoms with Crippen LogP contribution in [0.2, 0.25) is 0 Å². The van der Waals surface area contributed by atoms with E-state index in [-0.39, 0.29) is 6.04 Å². The molecule has 20 heavy (non-hydrogen) atoms. The van der Waals surface area contributed by atoms with Crippen LogP contribution >= 0.6 is 0 Å². The number of hydrogen-bond acceptors (Lipinski definition) is 3. The Labute approximate surface area is 121 Å². The van der Waals surface area contributed by atoms with E-state index >= 15 is 0 Å². The van der Waals surface area contributed by atoms with Crippen LogP contribution in [0.4, 0.5) is 11.4 Å². The first-order valence-corrected chi connectivity index (χ1v) is 8.50. The highest BCUT2D eigenvalue weighted by molar-refractivity contribution is 7.90. The van der Waals surface area contributed by atoms with Crippen molar-refractivity contribution in [1.82, 2.24) is 4.31 Å². The Balaban J connectivity index is 2.05. The molecule has 5 nitrogen and oxygen atoms in total. The van der Waals surface area contributed by atoms with Gasteiger partial charge in [-0.25, -0.2) is 0 Å². The van der Waals surface area contributed by atoms with Gasteiger partial charge in [0.05, 0.1) is 0 Å². The highest BCUT2D eigenvalue weighted by Gasteiger charge is 2.27. The summed E-state index contributed by atoms with van der Waals surface area (Å²) < 4.78 is 28.8. The van der Waals surface area contributed by atoms with Gasteiger partial charge in [-0.1, -0.05) is 19.3 Å². The van der Waals surface area contributed by atoms with Gasteiger partial charge in [-0.2, -0.15) is 12.7 Å². The van der Waals surface area contributed by atoms with Crippen LogP contribution in [-0.2, 0) is 10.2 Å². The summed E-state index contributed by atoms with van der Waals surface area (Å²) in [7, 11) is 0.0267. The van der Waals surface area contributed by atoms with Crippen molar-refractivity contribution in [1.29, 1.82) is 0 Å². The van der Waals surface area contributed by atoms with Gasteiger partial charge in [0.1, 0.15) is 0 Å². The van der Waals surface area contributed by atoms with Gasteiger partial charge in [0.25, 0.3) is 0 Å². The topological polar surface area (TPSA) is 61.4 Å². The third-order valence-electron chi connectivity index (χ3n) is 3.89. The highest BCUT2D eigenvalue weighted by atomic mass is 32.2. The molecule has 1 aliphatic rings. The first kappa shape index (κ1) is 15.1. The van der Waals surface area contributed by atoms with Gasteiger partial charge >= 0.3 is 10.2 Å². The van der Waals surface area contributed by atoms with E-state index < -0.39 is 10.2 Å². The molecule has 0 radical (unpaired) electrons. The lowest BCUT2D eigenvalue weighted by atomic mass is 9.96. The number of hydrogen-bond donors (Lipinski definition) is 2. The van der Waals surface area contributed by atoms with E-state index in [0.29, 0.717) is 5.69 Å². The van der Waals surface area contributed by atoms with E-state index in [9.17, 15) is 8.42 Å². The van der Waals surface area contributed by atoms with Gasteiger partial charge in [0.15, 0.2) is 0 Å². The Morgan fingerprint density at radius 1 is 1.05 bits per heavy atom. The zero-order chi connectivity index (χ0) is 14.6. The number of nitrogens with zero attached hydrogens (tertiary/aromatic N) is 1. The van der Waals surface area contributed by atoms with Crippen LogP contribution in [0.5, 0.6) is 0 Å². The Kier molecular flexibility index (Phi) is 4.88. The average molecular weight is 297 g/mol. The SMILES string of the molecule is CNc1ccc(NS(=O)(=O)N(C)C2CCCCC2)cc1. The summed E-state index contributed by atoms with van der Waals surface area (Å²) in [6, 6.07) is 7.34. The van der Waals surface area contributed by atoms with Crippen LogP contribution in [0.25, 0.3) is 0 Å². The Morgan fingerprint density at radius 2 is 1.60 bits per heavy atom. The molecule has 0 amide bonds. The summed E-state index contributed by atoms with van der Waals surface area (Å²) in [6.45, 7) is 0. The summed E-state index contributed by atoms with van der Waals surface area (Å²) in [4.78, 5) is 0. The Bertz CT molecular complexity index is 522. The molecule has 1 aliphatic carbocycles. The minimum atomic E-state index is -3.47. The number of benzene rings is 1. The van der Waals surface area contributed by atoms with Crippen molar-refractivity contribution in [2.24, 2.45) is 0 Å². The molecule has 0 atom stereocenters. The van der Waals surface area contributed by atoms with Crippen molar-refractivity contribution < 1.29 is 8.42 Å². The van der Waals surface area contributed by atoms with E-state index in [1.807, 2.05) is 19.2 Å². The number of anilines is 2. The van der Waals surface area contributed by atoms with Gasteiger partial charge in [-0.05, 0) is 37.1 Å². The maximum Gasteiger partial charge on any atom is 0.301 e. The van der Waals surface area contributed by atoms with Crippen LogP contribution in [0, 0.1) is 0 Å². The van der Waals surface area contributed by atoms with E-state index in [4.69, 9.17) is 0 Å². The molecule has 1 aromatic carbocycles. The molecule has 1 aromatic rings. The van der Waals surface area contributed by atoms with Gasteiger partial charge in [-0.15, -0.1) is 0 Å². The van der Waals surface area contributed by atoms with Crippen LogP contribution in [0.3, 0.4) is 0 Å². The first-order valence-electron chi connectivity index (χ1n) is 7.06. The molecule has 0 heterocycles. The van der Waals surface area contributed by atoms with E-state index in [1.165, 1.54) is 10.7 Å². The fourth-order valence-electron chi connectivity index (χ4n) is 2.57.